The second kappa shape index (κ2) is 4.48. The quantitative estimate of drug-likeness (QED) is 0.650. The molecule has 0 saturated carbocycles. The van der Waals surface area contributed by atoms with E-state index in [0.717, 1.165) is 37.1 Å². The van der Waals surface area contributed by atoms with Crippen molar-refractivity contribution < 1.29 is 9.53 Å². The van der Waals surface area contributed by atoms with E-state index in [0.29, 0.717) is 5.92 Å². The van der Waals surface area contributed by atoms with E-state index in [-0.39, 0.29) is 12.0 Å². The third kappa shape index (κ3) is 1.57. The summed E-state index contributed by atoms with van der Waals surface area (Å²) in [5, 5.41) is 1.25. The number of carbonyl (C=O) groups excluding carboxylic acids is 1. The van der Waals surface area contributed by atoms with Crippen LogP contribution in [-0.4, -0.2) is 42.1 Å². The van der Waals surface area contributed by atoms with Crippen molar-refractivity contribution in [2.24, 2.45) is 5.92 Å². The largest absolute Gasteiger partial charge is 0.468 e. The fourth-order valence-electron chi connectivity index (χ4n) is 5.07. The standard InChI is InChI=1S/C19H20N2O2/c1-23-18(22)19-10-12-6-7-16(19)21(11-12)9-8-14-13-4-2-3-5-15(13)20-17(14)19/h2-7,12,16,20H,8-11H2,1H3/t12-,16+,19+/m0/s1. The molecule has 23 heavy (non-hydrogen) atoms. The summed E-state index contributed by atoms with van der Waals surface area (Å²) in [6.07, 6.45) is 6.34. The monoisotopic (exact) mass is 308 g/mol. The highest BCUT2D eigenvalue weighted by molar-refractivity contribution is 5.92. The van der Waals surface area contributed by atoms with Gasteiger partial charge in [-0.2, -0.15) is 0 Å². The van der Waals surface area contributed by atoms with Gasteiger partial charge in [-0.05, 0) is 30.4 Å². The van der Waals surface area contributed by atoms with Crippen LogP contribution in [0.25, 0.3) is 10.9 Å². The number of nitrogens with one attached hydrogen (secondary N) is 1. The molecule has 6 rings (SSSR count). The zero-order chi connectivity index (χ0) is 15.6. The average molecular weight is 308 g/mol. The lowest BCUT2D eigenvalue weighted by Gasteiger charge is -2.51. The number of rotatable bonds is 1. The summed E-state index contributed by atoms with van der Waals surface area (Å²) in [6.45, 7) is 2.06. The van der Waals surface area contributed by atoms with Gasteiger partial charge in [0, 0.05) is 35.7 Å². The first-order valence-corrected chi connectivity index (χ1v) is 8.35. The van der Waals surface area contributed by atoms with E-state index in [2.05, 4.69) is 40.2 Å². The molecule has 4 heterocycles. The molecule has 4 bridgehead atoms. The van der Waals surface area contributed by atoms with Crippen LogP contribution in [0.4, 0.5) is 0 Å². The Morgan fingerprint density at radius 3 is 3.04 bits per heavy atom. The molecule has 1 fully saturated rings. The SMILES string of the molecule is COC(=O)[C@]12C[C@@H]3C=C[C@H]1N(CCc1c2[nH]c2ccccc12)C3. The molecule has 1 saturated heterocycles. The number of H-pyrrole nitrogens is 1. The van der Waals surface area contributed by atoms with Crippen LogP contribution >= 0.6 is 0 Å². The highest BCUT2D eigenvalue weighted by Crippen LogP contribution is 2.50. The number of nitrogens with zero attached hydrogens (tertiary/aromatic N) is 1. The molecule has 1 aliphatic carbocycles. The molecule has 0 spiro atoms. The van der Waals surface area contributed by atoms with Crippen molar-refractivity contribution in [3.05, 3.63) is 47.7 Å². The fourth-order valence-corrected chi connectivity index (χ4v) is 5.07. The molecular weight excluding hydrogens is 288 g/mol. The minimum Gasteiger partial charge on any atom is -0.468 e. The van der Waals surface area contributed by atoms with Gasteiger partial charge in [-0.1, -0.05) is 30.4 Å². The second-order valence-corrected chi connectivity index (χ2v) is 7.03. The van der Waals surface area contributed by atoms with Crippen molar-refractivity contribution >= 4 is 16.9 Å². The molecular formula is C19H20N2O2. The molecule has 2 aromatic rings. The van der Waals surface area contributed by atoms with Gasteiger partial charge in [0.25, 0.3) is 0 Å². The van der Waals surface area contributed by atoms with Crippen molar-refractivity contribution in [1.29, 1.82) is 0 Å². The van der Waals surface area contributed by atoms with Crippen molar-refractivity contribution in [1.82, 2.24) is 9.88 Å². The molecule has 4 atom stereocenters. The number of ether oxygens (including phenoxy) is 1. The Labute approximate surface area is 135 Å². The van der Waals surface area contributed by atoms with Gasteiger partial charge in [-0.15, -0.1) is 0 Å². The molecule has 4 nitrogen and oxygen atoms in total. The number of esters is 1. The van der Waals surface area contributed by atoms with Gasteiger partial charge in [0.2, 0.25) is 0 Å². The first kappa shape index (κ1) is 13.4. The fraction of sp³-hybridized carbons (Fsp3) is 0.421. The number of carbonyl (C=O) groups is 1. The van der Waals surface area contributed by atoms with Crippen LogP contribution in [0.2, 0.25) is 0 Å². The normalized spacial score (nSPS) is 34.2. The molecule has 1 unspecified atom stereocenters. The summed E-state index contributed by atoms with van der Waals surface area (Å²) in [7, 11) is 1.51. The Morgan fingerprint density at radius 2 is 2.22 bits per heavy atom. The molecule has 3 aliphatic heterocycles. The van der Waals surface area contributed by atoms with Crippen molar-refractivity contribution in [3.63, 3.8) is 0 Å². The van der Waals surface area contributed by atoms with Gasteiger partial charge in [0.15, 0.2) is 0 Å². The average Bonchev–Trinajstić information content (AvgIpc) is 2.94. The Morgan fingerprint density at radius 1 is 1.35 bits per heavy atom. The van der Waals surface area contributed by atoms with Gasteiger partial charge >= 0.3 is 5.97 Å². The molecule has 1 N–H and O–H groups in total. The first-order valence-electron chi connectivity index (χ1n) is 8.35. The summed E-state index contributed by atoms with van der Waals surface area (Å²) >= 11 is 0. The Balaban J connectivity index is 1.84. The van der Waals surface area contributed by atoms with E-state index in [4.69, 9.17) is 4.74 Å². The topological polar surface area (TPSA) is 45.3 Å². The van der Waals surface area contributed by atoms with Crippen molar-refractivity contribution in [2.75, 3.05) is 20.2 Å². The molecule has 118 valence electrons. The number of hydrogen-bond donors (Lipinski definition) is 1. The van der Waals surface area contributed by atoms with E-state index in [1.807, 2.05) is 6.07 Å². The summed E-state index contributed by atoms with van der Waals surface area (Å²) in [5.74, 6) is 0.327. The van der Waals surface area contributed by atoms with Crippen LogP contribution in [0.15, 0.2) is 36.4 Å². The van der Waals surface area contributed by atoms with Gasteiger partial charge in [-0.25, -0.2) is 0 Å². The Kier molecular flexibility index (Phi) is 2.61. The van der Waals surface area contributed by atoms with E-state index >= 15 is 0 Å². The van der Waals surface area contributed by atoms with Crippen LogP contribution in [0.1, 0.15) is 17.7 Å². The number of methoxy groups -OCH3 is 1. The first-order chi connectivity index (χ1) is 11.2. The zero-order valence-corrected chi connectivity index (χ0v) is 13.2. The lowest BCUT2D eigenvalue weighted by Crippen LogP contribution is -2.62. The van der Waals surface area contributed by atoms with Crippen molar-refractivity contribution in [3.8, 4) is 0 Å². The molecule has 4 aliphatic rings. The van der Waals surface area contributed by atoms with Crippen LogP contribution in [0.3, 0.4) is 0 Å². The Bertz CT molecular complexity index is 837. The molecule has 1 aromatic carbocycles. The lowest BCUT2D eigenvalue weighted by atomic mass is 9.64. The van der Waals surface area contributed by atoms with E-state index in [9.17, 15) is 4.79 Å². The zero-order valence-electron chi connectivity index (χ0n) is 13.2. The van der Waals surface area contributed by atoms with Gasteiger partial charge < -0.3 is 9.72 Å². The maximum Gasteiger partial charge on any atom is 0.319 e. The number of fused-ring (bicyclic) bond motifs is 3. The number of aromatic amines is 1. The maximum absolute atomic E-state index is 13.0. The van der Waals surface area contributed by atoms with Crippen LogP contribution in [0.5, 0.6) is 0 Å². The number of hydrogen-bond acceptors (Lipinski definition) is 3. The maximum atomic E-state index is 13.0. The number of para-hydroxylation sites is 1. The molecule has 1 aromatic heterocycles. The summed E-state index contributed by atoms with van der Waals surface area (Å²) in [6, 6.07) is 8.49. The predicted octanol–water partition coefficient (Wildman–Crippen LogP) is 2.40. The molecule has 4 heteroatoms. The van der Waals surface area contributed by atoms with Crippen molar-refractivity contribution in [2.45, 2.75) is 24.3 Å². The summed E-state index contributed by atoms with van der Waals surface area (Å²) < 4.78 is 5.31. The van der Waals surface area contributed by atoms with Crippen LogP contribution in [0, 0.1) is 5.92 Å². The van der Waals surface area contributed by atoms with Gasteiger partial charge in [0.05, 0.1) is 7.11 Å². The highest BCUT2D eigenvalue weighted by atomic mass is 16.5. The Hall–Kier alpha value is -2.07. The van der Waals surface area contributed by atoms with Gasteiger partial charge in [0.1, 0.15) is 5.41 Å². The number of piperidine rings is 1. The summed E-state index contributed by atoms with van der Waals surface area (Å²) in [4.78, 5) is 19.0. The third-order valence-corrected chi connectivity index (χ3v) is 5.98. The highest BCUT2D eigenvalue weighted by Gasteiger charge is 2.58. The summed E-state index contributed by atoms with van der Waals surface area (Å²) in [5.41, 5.74) is 2.93. The molecule has 0 amide bonds. The lowest BCUT2D eigenvalue weighted by molar-refractivity contribution is -0.153. The number of benzene rings is 1. The minimum atomic E-state index is -0.586. The van der Waals surface area contributed by atoms with Crippen LogP contribution < -0.4 is 0 Å². The van der Waals surface area contributed by atoms with Crippen LogP contribution in [-0.2, 0) is 21.4 Å². The van der Waals surface area contributed by atoms with E-state index < -0.39 is 5.41 Å². The van der Waals surface area contributed by atoms with E-state index in [1.54, 1.807) is 0 Å². The second-order valence-electron chi connectivity index (χ2n) is 7.03. The minimum absolute atomic E-state index is 0.101. The van der Waals surface area contributed by atoms with Gasteiger partial charge in [-0.3, -0.25) is 9.69 Å². The smallest absolute Gasteiger partial charge is 0.319 e. The number of aromatic nitrogens is 1. The van der Waals surface area contributed by atoms with E-state index in [1.165, 1.54) is 18.1 Å². The molecule has 0 radical (unpaired) electrons. The predicted molar refractivity (Wildman–Crippen MR) is 88.3 cm³/mol. The third-order valence-electron chi connectivity index (χ3n) is 5.98.